The fourth-order valence-electron chi connectivity index (χ4n) is 0.594. The number of imide groups is 1. The van der Waals surface area contributed by atoms with Gasteiger partial charge in [-0.1, -0.05) is 0 Å². The van der Waals surface area contributed by atoms with E-state index in [1.54, 1.807) is 0 Å². The van der Waals surface area contributed by atoms with Gasteiger partial charge in [0.25, 0.3) is 0 Å². The molecule has 1 rings (SSSR count). The Balaban J connectivity index is 2.66. The average molecular weight is 143 g/mol. The Labute approximate surface area is 57.4 Å². The third-order valence-corrected chi connectivity index (χ3v) is 1.26. The lowest BCUT2D eigenvalue weighted by molar-refractivity contribution is -0.120. The molecule has 0 aromatic rings. The SMILES string of the molecule is C[C]1C(=O)NC(=O)NC1O. The largest absolute Gasteiger partial charge is 0.372 e. The van der Waals surface area contributed by atoms with Gasteiger partial charge in [0.15, 0.2) is 0 Å². The van der Waals surface area contributed by atoms with Crippen molar-refractivity contribution in [2.75, 3.05) is 0 Å². The zero-order chi connectivity index (χ0) is 7.72. The number of nitrogens with one attached hydrogen (secondary N) is 2. The molecule has 5 nitrogen and oxygen atoms in total. The molecule has 0 aliphatic carbocycles. The molecule has 1 heterocycles. The van der Waals surface area contributed by atoms with Gasteiger partial charge >= 0.3 is 6.03 Å². The fraction of sp³-hybridized carbons (Fsp3) is 0.400. The molecule has 3 N–H and O–H groups in total. The third-order valence-electron chi connectivity index (χ3n) is 1.26. The molecule has 1 radical (unpaired) electrons. The number of carbonyl (C=O) groups excluding carboxylic acids is 2. The summed E-state index contributed by atoms with van der Waals surface area (Å²) in [6.45, 7) is 1.44. The molecule has 0 bridgehead atoms. The van der Waals surface area contributed by atoms with Crippen LogP contribution >= 0.6 is 0 Å². The molecule has 5 heteroatoms. The molecular formula is C5H7N2O3. The molecular weight excluding hydrogens is 136 g/mol. The Kier molecular flexibility index (Phi) is 1.58. The summed E-state index contributed by atoms with van der Waals surface area (Å²) < 4.78 is 0. The molecule has 55 valence electrons. The van der Waals surface area contributed by atoms with Crippen molar-refractivity contribution in [2.45, 2.75) is 13.2 Å². The number of hydrogen-bond acceptors (Lipinski definition) is 3. The van der Waals surface area contributed by atoms with Gasteiger partial charge in [0.05, 0.1) is 0 Å². The number of carbonyl (C=O) groups is 2. The highest BCUT2D eigenvalue weighted by atomic mass is 16.3. The summed E-state index contributed by atoms with van der Waals surface area (Å²) in [5.74, 6) is -0.337. The average Bonchev–Trinajstić information content (AvgIpc) is 1.82. The normalized spacial score (nSPS) is 27.6. The Hall–Kier alpha value is -1.10. The minimum absolute atomic E-state index is 0.194. The zero-order valence-corrected chi connectivity index (χ0v) is 5.34. The second-order valence-corrected chi connectivity index (χ2v) is 2.01. The molecule has 1 aliphatic rings. The van der Waals surface area contributed by atoms with Crippen LogP contribution in [-0.4, -0.2) is 23.3 Å². The monoisotopic (exact) mass is 143 g/mol. The number of rotatable bonds is 0. The number of hydrogen-bond donors (Lipinski definition) is 3. The van der Waals surface area contributed by atoms with Gasteiger partial charge in [0.1, 0.15) is 12.1 Å². The summed E-state index contributed by atoms with van der Waals surface area (Å²) in [6.07, 6.45) is -1.14. The quantitative estimate of drug-likeness (QED) is 0.396. The first-order valence-electron chi connectivity index (χ1n) is 2.74. The maximum Gasteiger partial charge on any atom is 0.323 e. The van der Waals surface area contributed by atoms with E-state index in [1.165, 1.54) is 6.92 Å². The Morgan fingerprint density at radius 2 is 2.10 bits per heavy atom. The Morgan fingerprint density at radius 3 is 2.60 bits per heavy atom. The number of amides is 3. The zero-order valence-electron chi connectivity index (χ0n) is 5.34. The molecule has 1 aliphatic heterocycles. The maximum absolute atomic E-state index is 10.6. The summed E-state index contributed by atoms with van der Waals surface area (Å²) in [7, 11) is 0. The van der Waals surface area contributed by atoms with Crippen LogP contribution in [0.1, 0.15) is 6.92 Å². The first kappa shape index (κ1) is 7.01. The minimum Gasteiger partial charge on any atom is -0.372 e. The highest BCUT2D eigenvalue weighted by molar-refractivity contribution is 6.04. The molecule has 1 unspecified atom stereocenters. The maximum atomic E-state index is 10.6. The Morgan fingerprint density at radius 1 is 1.50 bits per heavy atom. The van der Waals surface area contributed by atoms with Crippen LogP contribution in [0.4, 0.5) is 4.79 Å². The van der Waals surface area contributed by atoms with Crippen molar-refractivity contribution in [1.82, 2.24) is 10.6 Å². The van der Waals surface area contributed by atoms with Gasteiger partial charge in [0.2, 0.25) is 5.91 Å². The van der Waals surface area contributed by atoms with Gasteiger partial charge in [-0.3, -0.25) is 10.1 Å². The molecule has 0 aromatic carbocycles. The van der Waals surface area contributed by atoms with E-state index in [1.807, 2.05) is 5.32 Å². The molecule has 0 aromatic heterocycles. The second kappa shape index (κ2) is 2.26. The standard InChI is InChI=1S/C5H7N2O3/c1-2-3(8)6-5(10)7-4(2)9/h3,8H,1H3,(H2,6,7,9,10). The lowest BCUT2D eigenvalue weighted by atomic mass is 10.1. The van der Waals surface area contributed by atoms with E-state index in [4.69, 9.17) is 5.11 Å². The van der Waals surface area contributed by atoms with Crippen LogP contribution in [0, 0.1) is 5.92 Å². The minimum atomic E-state index is -1.14. The summed E-state index contributed by atoms with van der Waals surface area (Å²) in [5, 5.41) is 13.0. The second-order valence-electron chi connectivity index (χ2n) is 2.01. The molecule has 0 saturated carbocycles. The first-order valence-corrected chi connectivity index (χ1v) is 2.74. The van der Waals surface area contributed by atoms with Crippen LogP contribution in [0.3, 0.4) is 0 Å². The number of aliphatic hydroxyl groups is 1. The molecule has 1 fully saturated rings. The van der Waals surface area contributed by atoms with E-state index in [-0.39, 0.29) is 5.92 Å². The van der Waals surface area contributed by atoms with E-state index in [0.29, 0.717) is 0 Å². The summed E-state index contributed by atoms with van der Waals surface area (Å²) >= 11 is 0. The molecule has 3 amide bonds. The van der Waals surface area contributed by atoms with Crippen LogP contribution in [0.15, 0.2) is 0 Å². The van der Waals surface area contributed by atoms with Gasteiger partial charge in [-0.25, -0.2) is 4.79 Å². The van der Waals surface area contributed by atoms with E-state index >= 15 is 0 Å². The lowest BCUT2D eigenvalue weighted by Crippen LogP contribution is -2.56. The van der Waals surface area contributed by atoms with E-state index in [9.17, 15) is 9.59 Å². The van der Waals surface area contributed by atoms with Gasteiger partial charge in [-0.2, -0.15) is 0 Å². The van der Waals surface area contributed by atoms with Gasteiger partial charge in [0, 0.05) is 0 Å². The third kappa shape index (κ3) is 1.08. The van der Waals surface area contributed by atoms with Crippen molar-refractivity contribution < 1.29 is 14.7 Å². The summed E-state index contributed by atoms with van der Waals surface area (Å²) in [5.41, 5.74) is 0. The van der Waals surface area contributed by atoms with Crippen LogP contribution in [0.5, 0.6) is 0 Å². The van der Waals surface area contributed by atoms with E-state index in [0.717, 1.165) is 0 Å². The van der Waals surface area contributed by atoms with Crippen molar-refractivity contribution in [1.29, 1.82) is 0 Å². The molecule has 0 spiro atoms. The topological polar surface area (TPSA) is 78.4 Å². The van der Waals surface area contributed by atoms with Gasteiger partial charge < -0.3 is 10.4 Å². The lowest BCUT2D eigenvalue weighted by Gasteiger charge is -2.23. The molecule has 1 saturated heterocycles. The van der Waals surface area contributed by atoms with Gasteiger partial charge in [-0.15, -0.1) is 0 Å². The predicted molar refractivity (Wildman–Crippen MR) is 31.6 cm³/mol. The summed E-state index contributed by atoms with van der Waals surface area (Å²) in [4.78, 5) is 21.1. The highest BCUT2D eigenvalue weighted by Crippen LogP contribution is 2.05. The molecule has 10 heavy (non-hydrogen) atoms. The van der Waals surface area contributed by atoms with Gasteiger partial charge in [-0.05, 0) is 6.92 Å². The highest BCUT2D eigenvalue weighted by Gasteiger charge is 2.30. The Bertz CT molecular complexity index is 180. The van der Waals surface area contributed by atoms with Crippen molar-refractivity contribution in [3.05, 3.63) is 5.92 Å². The number of urea groups is 1. The number of aliphatic hydroxyl groups excluding tert-OH is 1. The van der Waals surface area contributed by atoms with Crippen molar-refractivity contribution in [3.63, 3.8) is 0 Å². The summed E-state index contributed by atoms with van der Waals surface area (Å²) in [6, 6.07) is -0.664. The smallest absolute Gasteiger partial charge is 0.323 e. The van der Waals surface area contributed by atoms with Crippen LogP contribution in [0.2, 0.25) is 0 Å². The van der Waals surface area contributed by atoms with Crippen LogP contribution in [-0.2, 0) is 4.79 Å². The van der Waals surface area contributed by atoms with Crippen molar-refractivity contribution in [2.24, 2.45) is 0 Å². The van der Waals surface area contributed by atoms with Crippen molar-refractivity contribution in [3.8, 4) is 0 Å². The first-order chi connectivity index (χ1) is 4.61. The van der Waals surface area contributed by atoms with Crippen LogP contribution in [0.25, 0.3) is 0 Å². The van der Waals surface area contributed by atoms with Crippen molar-refractivity contribution >= 4 is 11.9 Å². The van der Waals surface area contributed by atoms with E-state index in [2.05, 4.69) is 5.32 Å². The van der Waals surface area contributed by atoms with E-state index < -0.39 is 18.2 Å². The predicted octanol–water partition coefficient (Wildman–Crippen LogP) is -1.26. The fourth-order valence-corrected chi connectivity index (χ4v) is 0.594. The van der Waals surface area contributed by atoms with Crippen LogP contribution < -0.4 is 10.6 Å². The molecule has 1 atom stereocenters.